The molecule has 1 atom stereocenters. The number of imide groups is 1. The highest BCUT2D eigenvalue weighted by atomic mass is 79.9. The van der Waals surface area contributed by atoms with Crippen LogP contribution in [0.25, 0.3) is 0 Å². The van der Waals surface area contributed by atoms with E-state index in [4.69, 9.17) is 23.2 Å². The summed E-state index contributed by atoms with van der Waals surface area (Å²) in [5.74, 6) is -0.851. The molecule has 0 spiro atoms. The zero-order valence-electron chi connectivity index (χ0n) is 12.8. The zero-order chi connectivity index (χ0) is 18.4. The number of Topliss-reactive ketones (excluding diaryl/α,β-unsaturated/α-hetero) is 1. The van der Waals surface area contributed by atoms with Crippen molar-refractivity contribution >= 4 is 68.2 Å². The van der Waals surface area contributed by atoms with E-state index in [2.05, 4.69) is 21.2 Å². The van der Waals surface area contributed by atoms with Gasteiger partial charge in [0.2, 0.25) is 0 Å². The van der Waals surface area contributed by atoms with Crippen molar-refractivity contribution in [3.63, 3.8) is 0 Å². The van der Waals surface area contributed by atoms with Gasteiger partial charge in [-0.15, -0.1) is 11.3 Å². The first-order chi connectivity index (χ1) is 11.7. The largest absolute Gasteiger partial charge is 0.325 e. The molecule has 0 aliphatic carbocycles. The van der Waals surface area contributed by atoms with Crippen LogP contribution < -0.4 is 5.32 Å². The van der Waals surface area contributed by atoms with Gasteiger partial charge in [0.25, 0.3) is 5.91 Å². The Hall–Kier alpha value is -1.41. The molecule has 3 rings (SSSR count). The third-order valence-corrected chi connectivity index (χ3v) is 6.11. The van der Waals surface area contributed by atoms with Crippen LogP contribution in [-0.4, -0.2) is 29.2 Å². The average Bonchev–Trinajstić information content (AvgIpc) is 3.05. The molecule has 1 aromatic heterocycles. The molecule has 0 saturated carbocycles. The maximum Gasteiger partial charge on any atom is 0.325 e. The SMILES string of the molecule is C[C@]1(c2ccc(Cl)cc2Cl)NC(=O)N(CC(=O)c2ccc(Br)s2)C1=O. The summed E-state index contributed by atoms with van der Waals surface area (Å²) in [6.45, 7) is 1.22. The number of carbonyl (C=O) groups is 3. The number of halogens is 3. The molecule has 0 bridgehead atoms. The van der Waals surface area contributed by atoms with Crippen LogP contribution in [0.2, 0.25) is 10.0 Å². The number of nitrogens with one attached hydrogen (secondary N) is 1. The number of ketones is 1. The van der Waals surface area contributed by atoms with Gasteiger partial charge in [0.15, 0.2) is 5.78 Å². The second-order valence-electron chi connectivity index (χ2n) is 5.60. The lowest BCUT2D eigenvalue weighted by molar-refractivity contribution is -0.130. The third kappa shape index (κ3) is 3.33. The smallest absolute Gasteiger partial charge is 0.319 e. The van der Waals surface area contributed by atoms with Crippen LogP contribution in [-0.2, 0) is 10.3 Å². The summed E-state index contributed by atoms with van der Waals surface area (Å²) < 4.78 is 0.797. The third-order valence-electron chi connectivity index (χ3n) is 3.89. The Bertz CT molecular complexity index is 901. The average molecular weight is 462 g/mol. The first kappa shape index (κ1) is 18.4. The van der Waals surface area contributed by atoms with Crippen LogP contribution in [0.5, 0.6) is 0 Å². The van der Waals surface area contributed by atoms with E-state index in [0.717, 1.165) is 8.69 Å². The highest BCUT2D eigenvalue weighted by molar-refractivity contribution is 9.11. The van der Waals surface area contributed by atoms with Gasteiger partial charge in [-0.2, -0.15) is 0 Å². The second kappa shape index (κ2) is 6.72. The Labute approximate surface area is 166 Å². The molecule has 25 heavy (non-hydrogen) atoms. The summed E-state index contributed by atoms with van der Waals surface area (Å²) in [7, 11) is 0. The van der Waals surface area contributed by atoms with Gasteiger partial charge in [0.05, 0.1) is 15.2 Å². The van der Waals surface area contributed by atoms with E-state index < -0.39 is 17.5 Å². The second-order valence-corrected chi connectivity index (χ2v) is 8.90. The molecule has 2 aromatic rings. The number of benzene rings is 1. The number of nitrogens with zero attached hydrogens (tertiary/aromatic N) is 1. The first-order valence-electron chi connectivity index (χ1n) is 7.10. The molecule has 1 aromatic carbocycles. The topological polar surface area (TPSA) is 66.5 Å². The maximum absolute atomic E-state index is 12.8. The van der Waals surface area contributed by atoms with Crippen LogP contribution in [0.4, 0.5) is 4.79 Å². The first-order valence-corrected chi connectivity index (χ1v) is 9.47. The van der Waals surface area contributed by atoms with E-state index in [-0.39, 0.29) is 17.4 Å². The van der Waals surface area contributed by atoms with Crippen LogP contribution in [0, 0.1) is 0 Å². The number of thiophene rings is 1. The van der Waals surface area contributed by atoms with Gasteiger partial charge in [-0.1, -0.05) is 29.3 Å². The minimum absolute atomic E-state index is 0.263. The van der Waals surface area contributed by atoms with E-state index in [1.165, 1.54) is 17.4 Å². The molecule has 0 radical (unpaired) electrons. The Kier molecular flexibility index (Phi) is 4.94. The molecule has 1 fully saturated rings. The number of hydrogen-bond acceptors (Lipinski definition) is 4. The minimum atomic E-state index is -1.35. The molecule has 1 aliphatic heterocycles. The minimum Gasteiger partial charge on any atom is -0.319 e. The number of carbonyl (C=O) groups excluding carboxylic acids is 3. The number of hydrogen-bond donors (Lipinski definition) is 1. The number of amides is 3. The van der Waals surface area contributed by atoms with Crippen molar-refractivity contribution in [2.45, 2.75) is 12.5 Å². The fraction of sp³-hybridized carbons (Fsp3) is 0.188. The van der Waals surface area contributed by atoms with Crippen molar-refractivity contribution in [2.24, 2.45) is 0 Å². The molecule has 5 nitrogen and oxygen atoms in total. The lowest BCUT2D eigenvalue weighted by Gasteiger charge is -2.23. The number of urea groups is 1. The maximum atomic E-state index is 12.8. The molecule has 1 N–H and O–H groups in total. The van der Waals surface area contributed by atoms with Crippen molar-refractivity contribution in [2.75, 3.05) is 6.54 Å². The highest BCUT2D eigenvalue weighted by Gasteiger charge is 2.50. The van der Waals surface area contributed by atoms with Crippen molar-refractivity contribution < 1.29 is 14.4 Å². The van der Waals surface area contributed by atoms with Gasteiger partial charge in [-0.3, -0.25) is 14.5 Å². The van der Waals surface area contributed by atoms with Crippen LogP contribution in [0.1, 0.15) is 22.2 Å². The summed E-state index contributed by atoms with van der Waals surface area (Å²) in [5.41, 5.74) is -0.930. The summed E-state index contributed by atoms with van der Waals surface area (Å²) in [4.78, 5) is 38.8. The molecular weight excluding hydrogens is 451 g/mol. The predicted molar refractivity (Wildman–Crippen MR) is 100 cm³/mol. The summed E-state index contributed by atoms with van der Waals surface area (Å²) in [6.07, 6.45) is 0. The predicted octanol–water partition coefficient (Wildman–Crippen LogP) is 4.47. The molecule has 1 saturated heterocycles. The normalized spacial score (nSPS) is 20.1. The molecular formula is C16H11BrCl2N2O3S. The fourth-order valence-corrected chi connectivity index (χ4v) is 4.52. The quantitative estimate of drug-likeness (QED) is 0.539. The van der Waals surface area contributed by atoms with Crippen LogP contribution in [0.3, 0.4) is 0 Å². The van der Waals surface area contributed by atoms with Gasteiger partial charge in [0, 0.05) is 15.6 Å². The monoisotopic (exact) mass is 460 g/mol. The zero-order valence-corrected chi connectivity index (χ0v) is 16.7. The van der Waals surface area contributed by atoms with Crippen LogP contribution in [0.15, 0.2) is 34.1 Å². The molecule has 3 amide bonds. The summed E-state index contributed by atoms with van der Waals surface area (Å²) in [5, 5.41) is 3.30. The Balaban J connectivity index is 1.88. The van der Waals surface area contributed by atoms with Gasteiger partial charge in [-0.25, -0.2) is 4.79 Å². The molecule has 9 heteroatoms. The molecule has 2 heterocycles. The van der Waals surface area contributed by atoms with Crippen molar-refractivity contribution in [3.05, 3.63) is 54.6 Å². The van der Waals surface area contributed by atoms with E-state index in [1.807, 2.05) is 0 Å². The van der Waals surface area contributed by atoms with Crippen molar-refractivity contribution in [1.82, 2.24) is 10.2 Å². The lowest BCUT2D eigenvalue weighted by atomic mass is 9.92. The fourth-order valence-electron chi connectivity index (χ4n) is 2.60. The van der Waals surface area contributed by atoms with E-state index >= 15 is 0 Å². The van der Waals surface area contributed by atoms with Crippen LogP contribution >= 0.6 is 50.5 Å². The van der Waals surface area contributed by atoms with E-state index in [0.29, 0.717) is 15.5 Å². The van der Waals surface area contributed by atoms with Crippen molar-refractivity contribution in [3.8, 4) is 0 Å². The Morgan fingerprint density at radius 1 is 1.28 bits per heavy atom. The van der Waals surface area contributed by atoms with E-state index in [1.54, 1.807) is 31.2 Å². The highest BCUT2D eigenvalue weighted by Crippen LogP contribution is 2.35. The van der Waals surface area contributed by atoms with Gasteiger partial charge in [-0.05, 0) is 47.1 Å². The Morgan fingerprint density at radius 3 is 2.60 bits per heavy atom. The summed E-state index contributed by atoms with van der Waals surface area (Å²) in [6, 6.07) is 7.42. The van der Waals surface area contributed by atoms with Gasteiger partial charge < -0.3 is 5.32 Å². The number of rotatable bonds is 4. The Morgan fingerprint density at radius 2 is 2.00 bits per heavy atom. The van der Waals surface area contributed by atoms with Gasteiger partial charge in [0.1, 0.15) is 5.54 Å². The van der Waals surface area contributed by atoms with Crippen molar-refractivity contribution in [1.29, 1.82) is 0 Å². The van der Waals surface area contributed by atoms with Gasteiger partial charge >= 0.3 is 6.03 Å². The molecule has 0 unspecified atom stereocenters. The summed E-state index contributed by atoms with van der Waals surface area (Å²) >= 11 is 16.6. The molecule has 130 valence electrons. The standard InChI is InChI=1S/C16H11BrCl2N2O3S/c1-16(9-3-2-8(18)6-10(9)19)14(23)21(15(24)20-16)7-11(22)12-4-5-13(17)25-12/h2-6H,7H2,1H3,(H,20,24)/t16-/m1/s1. The van der Waals surface area contributed by atoms with E-state index in [9.17, 15) is 14.4 Å². The lowest BCUT2D eigenvalue weighted by Crippen LogP contribution is -2.41. The molecule has 1 aliphatic rings.